The number of rotatable bonds is 5. The van der Waals surface area contributed by atoms with Crippen LogP contribution in [0.25, 0.3) is 11.1 Å². The Morgan fingerprint density at radius 2 is 1.67 bits per heavy atom. The van der Waals surface area contributed by atoms with Crippen LogP contribution >= 0.6 is 22.5 Å². The lowest BCUT2D eigenvalue weighted by atomic mass is 10.0. The monoisotopic (exact) mass is 316 g/mol. The first kappa shape index (κ1) is 14.5. The van der Waals surface area contributed by atoms with Gasteiger partial charge in [0.25, 0.3) is 0 Å². The molecule has 0 aliphatic heterocycles. The van der Waals surface area contributed by atoms with Crippen LogP contribution in [0.4, 0.5) is 0 Å². The van der Waals surface area contributed by atoms with Crippen LogP contribution in [0.15, 0.2) is 48.5 Å². The summed E-state index contributed by atoms with van der Waals surface area (Å²) in [7, 11) is 1.52. The van der Waals surface area contributed by atoms with E-state index in [0.29, 0.717) is 0 Å². The molecule has 4 heteroatoms. The summed E-state index contributed by atoms with van der Waals surface area (Å²) < 4.78 is 0. The van der Waals surface area contributed by atoms with Crippen molar-refractivity contribution in [2.75, 3.05) is 0 Å². The lowest BCUT2D eigenvalue weighted by Crippen LogP contribution is -1.98. The van der Waals surface area contributed by atoms with Crippen LogP contribution in [0.1, 0.15) is 23.5 Å². The van der Waals surface area contributed by atoms with Gasteiger partial charge in [-0.2, -0.15) is 0 Å². The molecule has 3 rings (SSSR count). The Kier molecular flexibility index (Phi) is 4.27. The Balaban J connectivity index is 1.73. The first-order valence-corrected chi connectivity index (χ1v) is 8.91. The summed E-state index contributed by atoms with van der Waals surface area (Å²) in [5.41, 5.74) is 4.74. The Morgan fingerprint density at radius 1 is 1.10 bits per heavy atom. The highest BCUT2D eigenvalue weighted by atomic mass is 33.1. The largest absolute Gasteiger partial charge is 0.481 e. The zero-order valence-electron chi connectivity index (χ0n) is 11.4. The van der Waals surface area contributed by atoms with E-state index in [4.69, 9.17) is 5.11 Å². The number of thiol groups is 1. The van der Waals surface area contributed by atoms with E-state index in [1.807, 2.05) is 0 Å². The average Bonchev–Trinajstić information content (AvgIpc) is 3.29. The van der Waals surface area contributed by atoms with E-state index < -0.39 is 5.97 Å². The minimum atomic E-state index is -0.679. The standard InChI is InChI=1S/C17H16O2S2/c18-17(19)16-9-15(16)14-7-5-13(6-8-14)12-3-1-11(2-4-12)10-21-20/h1-8,15-16,20H,9-10H2,(H,18,19)/t15-,16+/m0/s1. The number of carboxylic acids is 1. The zero-order valence-corrected chi connectivity index (χ0v) is 13.1. The molecule has 2 aromatic carbocycles. The van der Waals surface area contributed by atoms with E-state index in [9.17, 15) is 4.79 Å². The van der Waals surface area contributed by atoms with Gasteiger partial charge in [-0.25, -0.2) is 0 Å². The Hall–Kier alpha value is -1.39. The average molecular weight is 316 g/mol. The molecule has 21 heavy (non-hydrogen) atoms. The van der Waals surface area contributed by atoms with E-state index in [-0.39, 0.29) is 11.8 Å². The van der Waals surface area contributed by atoms with Crippen LogP contribution in [0, 0.1) is 5.92 Å². The Morgan fingerprint density at radius 3 is 2.14 bits per heavy atom. The van der Waals surface area contributed by atoms with Crippen molar-refractivity contribution in [2.45, 2.75) is 18.1 Å². The van der Waals surface area contributed by atoms with Crippen LogP contribution in [-0.2, 0) is 10.5 Å². The van der Waals surface area contributed by atoms with Crippen molar-refractivity contribution in [3.8, 4) is 11.1 Å². The third-order valence-electron chi connectivity index (χ3n) is 3.96. The van der Waals surface area contributed by atoms with Crippen molar-refractivity contribution in [1.82, 2.24) is 0 Å². The molecule has 0 amide bonds. The predicted octanol–water partition coefficient (Wildman–Crippen LogP) is 4.62. The van der Waals surface area contributed by atoms with E-state index in [2.05, 4.69) is 60.2 Å². The van der Waals surface area contributed by atoms with E-state index in [1.54, 1.807) is 0 Å². The highest BCUT2D eigenvalue weighted by Crippen LogP contribution is 2.47. The molecule has 0 heterocycles. The van der Waals surface area contributed by atoms with Gasteiger partial charge in [0, 0.05) is 5.75 Å². The molecule has 1 aliphatic rings. The van der Waals surface area contributed by atoms with Gasteiger partial charge in [-0.15, -0.1) is 11.7 Å². The minimum absolute atomic E-state index is 0.186. The number of carbonyl (C=O) groups is 1. The number of aliphatic carboxylic acids is 1. The first-order valence-electron chi connectivity index (χ1n) is 6.87. The van der Waals surface area contributed by atoms with Crippen LogP contribution in [-0.4, -0.2) is 11.1 Å². The Bertz CT molecular complexity index is 635. The maximum Gasteiger partial charge on any atom is 0.307 e. The van der Waals surface area contributed by atoms with E-state index in [1.165, 1.54) is 21.9 Å². The lowest BCUT2D eigenvalue weighted by Gasteiger charge is -2.05. The van der Waals surface area contributed by atoms with Gasteiger partial charge in [0.2, 0.25) is 0 Å². The summed E-state index contributed by atoms with van der Waals surface area (Å²) in [6, 6.07) is 16.7. The van der Waals surface area contributed by atoms with Gasteiger partial charge in [0.1, 0.15) is 0 Å². The molecule has 1 saturated carbocycles. The fourth-order valence-corrected chi connectivity index (χ4v) is 3.42. The molecule has 1 aliphatic carbocycles. The molecular weight excluding hydrogens is 300 g/mol. The molecule has 1 fully saturated rings. The molecule has 2 nitrogen and oxygen atoms in total. The topological polar surface area (TPSA) is 37.3 Å². The minimum Gasteiger partial charge on any atom is -0.481 e. The van der Waals surface area contributed by atoms with Gasteiger partial charge < -0.3 is 5.11 Å². The van der Waals surface area contributed by atoms with Crippen molar-refractivity contribution in [2.24, 2.45) is 5.92 Å². The number of carboxylic acid groups (broad SMARTS) is 1. The summed E-state index contributed by atoms with van der Waals surface area (Å²) in [5, 5.41) is 8.98. The second-order valence-electron chi connectivity index (χ2n) is 5.38. The van der Waals surface area contributed by atoms with Crippen molar-refractivity contribution >= 4 is 28.4 Å². The van der Waals surface area contributed by atoms with Crippen molar-refractivity contribution < 1.29 is 9.90 Å². The molecule has 0 spiro atoms. The summed E-state index contributed by atoms with van der Waals surface area (Å²) in [6.45, 7) is 0. The third kappa shape index (κ3) is 3.27. The highest BCUT2D eigenvalue weighted by Gasteiger charge is 2.43. The summed E-state index contributed by atoms with van der Waals surface area (Å²) in [6.07, 6.45) is 0.769. The second-order valence-corrected chi connectivity index (χ2v) is 6.70. The van der Waals surface area contributed by atoms with Crippen molar-refractivity contribution in [1.29, 1.82) is 0 Å². The van der Waals surface area contributed by atoms with Gasteiger partial charge >= 0.3 is 5.97 Å². The quantitative estimate of drug-likeness (QED) is 0.624. The molecule has 108 valence electrons. The van der Waals surface area contributed by atoms with Gasteiger partial charge in [-0.3, -0.25) is 4.79 Å². The molecule has 0 aromatic heterocycles. The number of hydrogen-bond donors (Lipinski definition) is 2. The van der Waals surface area contributed by atoms with Gasteiger partial charge in [0.15, 0.2) is 0 Å². The first-order chi connectivity index (χ1) is 10.2. The second kappa shape index (κ2) is 6.16. The normalized spacial score (nSPS) is 20.2. The highest BCUT2D eigenvalue weighted by molar-refractivity contribution is 8.68. The van der Waals surface area contributed by atoms with Crippen molar-refractivity contribution in [3.05, 3.63) is 59.7 Å². The van der Waals surface area contributed by atoms with Crippen LogP contribution in [0.5, 0.6) is 0 Å². The summed E-state index contributed by atoms with van der Waals surface area (Å²) >= 11 is 4.16. The fourth-order valence-electron chi connectivity index (χ4n) is 2.63. The zero-order chi connectivity index (χ0) is 14.8. The summed E-state index contributed by atoms with van der Waals surface area (Å²) in [5.74, 6) is 0.238. The van der Waals surface area contributed by atoms with Crippen LogP contribution < -0.4 is 0 Å². The number of hydrogen-bond acceptors (Lipinski definition) is 3. The third-order valence-corrected chi connectivity index (χ3v) is 4.81. The molecule has 1 N–H and O–H groups in total. The molecule has 0 unspecified atom stereocenters. The van der Waals surface area contributed by atoms with Gasteiger partial charge in [-0.05, 0) is 34.6 Å². The molecule has 2 aromatic rings. The van der Waals surface area contributed by atoms with Crippen LogP contribution in [0.3, 0.4) is 0 Å². The van der Waals surface area contributed by atoms with Crippen molar-refractivity contribution in [3.63, 3.8) is 0 Å². The molecule has 0 bridgehead atoms. The van der Waals surface area contributed by atoms with Crippen LogP contribution in [0.2, 0.25) is 0 Å². The fraction of sp³-hybridized carbons (Fsp3) is 0.235. The smallest absolute Gasteiger partial charge is 0.307 e. The van der Waals surface area contributed by atoms with Gasteiger partial charge in [0.05, 0.1) is 5.92 Å². The predicted molar refractivity (Wildman–Crippen MR) is 90.6 cm³/mol. The Labute approximate surface area is 133 Å². The molecular formula is C17H16O2S2. The molecule has 0 saturated heterocycles. The SMILES string of the molecule is O=C(O)[C@@H]1C[C@H]1c1ccc(-c2ccc(CSS)cc2)cc1. The van der Waals surface area contributed by atoms with E-state index in [0.717, 1.165) is 23.3 Å². The molecule has 0 radical (unpaired) electrons. The number of benzene rings is 2. The maximum atomic E-state index is 10.9. The maximum absolute atomic E-state index is 10.9. The summed E-state index contributed by atoms with van der Waals surface area (Å²) in [4.78, 5) is 10.9. The molecule has 2 atom stereocenters. The lowest BCUT2D eigenvalue weighted by molar-refractivity contribution is -0.138. The van der Waals surface area contributed by atoms with Gasteiger partial charge in [-0.1, -0.05) is 59.3 Å². The van der Waals surface area contributed by atoms with E-state index >= 15 is 0 Å².